The predicted molar refractivity (Wildman–Crippen MR) is 118 cm³/mol. The van der Waals surface area contributed by atoms with Crippen LogP contribution in [0.3, 0.4) is 0 Å². The van der Waals surface area contributed by atoms with Crippen molar-refractivity contribution in [2.75, 3.05) is 18.4 Å². The second-order valence-electron chi connectivity index (χ2n) is 6.94. The van der Waals surface area contributed by atoms with E-state index in [0.29, 0.717) is 11.3 Å². The lowest BCUT2D eigenvalue weighted by Crippen LogP contribution is -2.29. The van der Waals surface area contributed by atoms with Gasteiger partial charge in [-0.15, -0.1) is 11.3 Å². The first kappa shape index (κ1) is 21.1. The first-order chi connectivity index (χ1) is 13.7. The van der Waals surface area contributed by atoms with Crippen LogP contribution in [-0.4, -0.2) is 33.3 Å². The quantitative estimate of drug-likeness (QED) is 0.571. The molecule has 0 spiro atoms. The number of sulfonamides is 1. The van der Waals surface area contributed by atoms with Crippen molar-refractivity contribution < 1.29 is 13.2 Å². The van der Waals surface area contributed by atoms with E-state index in [-0.39, 0.29) is 16.8 Å². The Hall–Kier alpha value is -2.64. The number of carbonyl (C=O) groups is 1. The lowest BCUT2D eigenvalue weighted by atomic mass is 10.1. The van der Waals surface area contributed by atoms with Crippen LogP contribution >= 0.6 is 11.3 Å². The summed E-state index contributed by atoms with van der Waals surface area (Å²) in [5, 5.41) is 1.99. The molecule has 1 amide bonds. The molecule has 0 fully saturated rings. The summed E-state index contributed by atoms with van der Waals surface area (Å²) in [6.45, 7) is 3.90. The van der Waals surface area contributed by atoms with Gasteiger partial charge in [0.1, 0.15) is 0 Å². The highest BCUT2D eigenvalue weighted by molar-refractivity contribution is 7.92. The van der Waals surface area contributed by atoms with Crippen molar-refractivity contribution in [3.05, 3.63) is 82.0 Å². The van der Waals surface area contributed by atoms with Gasteiger partial charge in [-0.2, -0.15) is 0 Å². The highest BCUT2D eigenvalue weighted by Gasteiger charge is 2.23. The maximum Gasteiger partial charge on any atom is 0.264 e. The Morgan fingerprint density at radius 1 is 0.966 bits per heavy atom. The number of hydrogen-bond donors (Lipinski definition) is 0. The lowest BCUT2D eigenvalue weighted by molar-refractivity contribution is 0.0745. The second kappa shape index (κ2) is 8.39. The number of aryl methyl sites for hydroxylation is 1. The molecule has 0 bridgehead atoms. The molecule has 5 nitrogen and oxygen atoms in total. The molecule has 29 heavy (non-hydrogen) atoms. The van der Waals surface area contributed by atoms with E-state index in [2.05, 4.69) is 0 Å². The predicted octanol–water partition coefficient (Wildman–Crippen LogP) is 4.71. The van der Waals surface area contributed by atoms with Crippen LogP contribution in [0, 0.1) is 6.92 Å². The molecule has 1 heterocycles. The summed E-state index contributed by atoms with van der Waals surface area (Å²) in [4.78, 5) is 15.8. The van der Waals surface area contributed by atoms with Gasteiger partial charge in [-0.05, 0) is 61.7 Å². The zero-order chi connectivity index (χ0) is 21.2. The number of hydrogen-bond acceptors (Lipinski definition) is 4. The lowest BCUT2D eigenvalue weighted by Gasteiger charge is -2.25. The van der Waals surface area contributed by atoms with E-state index in [0.717, 1.165) is 10.4 Å². The maximum absolute atomic E-state index is 12.8. The Morgan fingerprint density at radius 2 is 1.59 bits per heavy atom. The number of anilines is 1. The van der Waals surface area contributed by atoms with Gasteiger partial charge in [0.05, 0.1) is 16.6 Å². The SMILES string of the molecule is Cc1ccc(S(=O)(=O)N(C)c2ccc(C(=O)N(C)C(C)c3cccs3)cc2)cc1. The summed E-state index contributed by atoms with van der Waals surface area (Å²) < 4.78 is 26.9. The molecule has 2 aromatic carbocycles. The van der Waals surface area contributed by atoms with Crippen molar-refractivity contribution in [1.29, 1.82) is 0 Å². The van der Waals surface area contributed by atoms with Gasteiger partial charge in [-0.25, -0.2) is 8.42 Å². The molecule has 7 heteroatoms. The van der Waals surface area contributed by atoms with Crippen LogP contribution in [0.2, 0.25) is 0 Å². The number of rotatable bonds is 6. The van der Waals surface area contributed by atoms with E-state index in [1.807, 2.05) is 31.4 Å². The van der Waals surface area contributed by atoms with Gasteiger partial charge < -0.3 is 4.90 Å². The molecule has 0 N–H and O–H groups in total. The fraction of sp³-hybridized carbons (Fsp3) is 0.227. The van der Waals surface area contributed by atoms with Gasteiger partial charge in [0, 0.05) is 24.5 Å². The topological polar surface area (TPSA) is 57.7 Å². The molecule has 0 aliphatic carbocycles. The standard InChI is InChI=1S/C22H24N2O3S2/c1-16-7-13-20(14-8-16)29(26,27)24(4)19-11-9-18(10-12-19)22(25)23(3)17(2)21-6-5-15-28-21/h5-15,17H,1-4H3. The highest BCUT2D eigenvalue weighted by atomic mass is 32.2. The third kappa shape index (κ3) is 4.36. The number of carbonyl (C=O) groups excluding carboxylic acids is 1. The van der Waals surface area contributed by atoms with Crippen LogP contribution in [0.4, 0.5) is 5.69 Å². The monoisotopic (exact) mass is 428 g/mol. The molecule has 0 radical (unpaired) electrons. The van der Waals surface area contributed by atoms with Crippen molar-refractivity contribution in [1.82, 2.24) is 4.90 Å². The molecule has 152 valence electrons. The zero-order valence-electron chi connectivity index (χ0n) is 16.9. The number of benzene rings is 2. The summed E-state index contributed by atoms with van der Waals surface area (Å²) in [6, 6.07) is 17.3. The highest BCUT2D eigenvalue weighted by Crippen LogP contribution is 2.26. The summed E-state index contributed by atoms with van der Waals surface area (Å²) in [6.07, 6.45) is 0. The minimum Gasteiger partial charge on any atom is -0.334 e. The minimum absolute atomic E-state index is 0.0354. The van der Waals surface area contributed by atoms with Gasteiger partial charge in [-0.3, -0.25) is 9.10 Å². The summed E-state index contributed by atoms with van der Waals surface area (Å²) in [5.74, 6) is -0.110. The van der Waals surface area contributed by atoms with Crippen molar-refractivity contribution in [2.45, 2.75) is 24.8 Å². The average molecular weight is 429 g/mol. The largest absolute Gasteiger partial charge is 0.334 e. The number of nitrogens with zero attached hydrogens (tertiary/aromatic N) is 2. The zero-order valence-corrected chi connectivity index (χ0v) is 18.5. The number of thiophene rings is 1. The Balaban J connectivity index is 1.78. The number of amides is 1. The van der Waals surface area contributed by atoms with Crippen molar-refractivity contribution in [3.63, 3.8) is 0 Å². The molecule has 0 aliphatic heterocycles. The Kier molecular flexibility index (Phi) is 6.10. The molecule has 1 unspecified atom stereocenters. The van der Waals surface area contributed by atoms with Crippen molar-refractivity contribution in [3.8, 4) is 0 Å². The summed E-state index contributed by atoms with van der Waals surface area (Å²) >= 11 is 1.61. The van der Waals surface area contributed by atoms with E-state index in [4.69, 9.17) is 0 Å². The second-order valence-corrected chi connectivity index (χ2v) is 9.89. The van der Waals surface area contributed by atoms with E-state index < -0.39 is 10.0 Å². The maximum atomic E-state index is 12.8. The van der Waals surface area contributed by atoms with E-state index in [1.165, 1.54) is 11.4 Å². The van der Waals surface area contributed by atoms with Crippen molar-refractivity contribution in [2.24, 2.45) is 0 Å². The first-order valence-corrected chi connectivity index (χ1v) is 11.5. The molecule has 0 aliphatic rings. The first-order valence-electron chi connectivity index (χ1n) is 9.18. The molecule has 3 rings (SSSR count). The Bertz CT molecular complexity index is 1070. The molecule has 3 aromatic rings. The van der Waals surface area contributed by atoms with Crippen LogP contribution < -0.4 is 4.31 Å². The Morgan fingerprint density at radius 3 is 2.14 bits per heavy atom. The smallest absolute Gasteiger partial charge is 0.264 e. The van der Waals surface area contributed by atoms with Crippen LogP contribution in [-0.2, 0) is 10.0 Å². The van der Waals surface area contributed by atoms with Gasteiger partial charge in [-0.1, -0.05) is 23.8 Å². The molecule has 0 saturated heterocycles. The molecular formula is C22H24N2O3S2. The van der Waals surface area contributed by atoms with Crippen LogP contribution in [0.5, 0.6) is 0 Å². The molecular weight excluding hydrogens is 404 g/mol. The van der Waals surface area contributed by atoms with Gasteiger partial charge >= 0.3 is 0 Å². The van der Waals surface area contributed by atoms with Crippen LogP contribution in [0.25, 0.3) is 0 Å². The Labute approximate surface area is 176 Å². The third-order valence-electron chi connectivity index (χ3n) is 5.01. The van der Waals surface area contributed by atoms with Crippen molar-refractivity contribution >= 4 is 33.0 Å². The average Bonchev–Trinajstić information content (AvgIpc) is 3.27. The van der Waals surface area contributed by atoms with E-state index >= 15 is 0 Å². The summed E-state index contributed by atoms with van der Waals surface area (Å²) in [5.41, 5.74) is 2.01. The van der Waals surface area contributed by atoms with Gasteiger partial charge in [0.15, 0.2) is 0 Å². The summed E-state index contributed by atoms with van der Waals surface area (Å²) in [7, 11) is -0.379. The van der Waals surface area contributed by atoms with Gasteiger partial charge in [0.2, 0.25) is 0 Å². The fourth-order valence-corrected chi connectivity index (χ4v) is 4.94. The third-order valence-corrected chi connectivity index (χ3v) is 7.86. The van der Waals surface area contributed by atoms with E-state index in [1.54, 1.807) is 71.8 Å². The molecule has 0 saturated carbocycles. The van der Waals surface area contributed by atoms with Crippen LogP contribution in [0.15, 0.2) is 70.9 Å². The van der Waals surface area contributed by atoms with E-state index in [9.17, 15) is 13.2 Å². The van der Waals surface area contributed by atoms with Crippen LogP contribution in [0.1, 0.15) is 33.8 Å². The van der Waals surface area contributed by atoms with Gasteiger partial charge in [0.25, 0.3) is 15.9 Å². The fourth-order valence-electron chi connectivity index (χ4n) is 2.92. The normalized spacial score (nSPS) is 12.4. The minimum atomic E-state index is -3.66. The molecule has 1 atom stereocenters. The molecule has 1 aromatic heterocycles.